The van der Waals surface area contributed by atoms with Crippen molar-refractivity contribution in [1.82, 2.24) is 4.90 Å². The normalized spacial score (nSPS) is 19.7. The zero-order valence-electron chi connectivity index (χ0n) is 14.7. The van der Waals surface area contributed by atoms with Crippen molar-refractivity contribution in [2.45, 2.75) is 31.4 Å². The molecule has 2 aromatic rings. The van der Waals surface area contributed by atoms with Gasteiger partial charge in [-0.1, -0.05) is 60.7 Å². The Balaban J connectivity index is 1.96. The molecule has 0 aliphatic carbocycles. The van der Waals surface area contributed by atoms with Crippen LogP contribution in [0.25, 0.3) is 0 Å². The fourth-order valence-corrected chi connectivity index (χ4v) is 3.57. The van der Waals surface area contributed by atoms with E-state index in [4.69, 9.17) is 4.74 Å². The predicted molar refractivity (Wildman–Crippen MR) is 97.9 cm³/mol. The number of hydrogen-bond acceptors (Lipinski definition) is 3. The van der Waals surface area contributed by atoms with Crippen LogP contribution in [0.15, 0.2) is 60.7 Å². The lowest BCUT2D eigenvalue weighted by Gasteiger charge is -2.27. The van der Waals surface area contributed by atoms with Gasteiger partial charge < -0.3 is 14.7 Å². The van der Waals surface area contributed by atoms with Crippen molar-refractivity contribution in [1.29, 1.82) is 0 Å². The number of aliphatic carboxylic acids is 1. The molecule has 0 saturated carbocycles. The minimum absolute atomic E-state index is 0.197. The predicted octanol–water partition coefficient (Wildman–Crippen LogP) is 2.91. The lowest BCUT2D eigenvalue weighted by molar-refractivity contribution is -0.148. The summed E-state index contributed by atoms with van der Waals surface area (Å²) >= 11 is 0. The number of likely N-dealkylation sites (tertiary alicyclic amines) is 1. The molecule has 0 radical (unpaired) electrons. The molecule has 2 aromatic carbocycles. The van der Waals surface area contributed by atoms with Crippen LogP contribution in [0, 0.1) is 0 Å². The van der Waals surface area contributed by atoms with E-state index in [9.17, 15) is 14.7 Å². The number of rotatable bonds is 6. The number of nitrogens with zero attached hydrogens (tertiary/aromatic N) is 1. The van der Waals surface area contributed by atoms with E-state index in [0.29, 0.717) is 19.6 Å². The number of hydrogen-bond donors (Lipinski definition) is 1. The second kappa shape index (κ2) is 8.15. The summed E-state index contributed by atoms with van der Waals surface area (Å²) in [5, 5.41) is 9.59. The molecule has 2 atom stereocenters. The van der Waals surface area contributed by atoms with Crippen LogP contribution in [0.5, 0.6) is 0 Å². The molecule has 1 heterocycles. The van der Waals surface area contributed by atoms with Crippen LogP contribution in [0.1, 0.15) is 30.4 Å². The van der Waals surface area contributed by atoms with E-state index in [1.54, 1.807) is 0 Å². The van der Waals surface area contributed by atoms with Gasteiger partial charge in [0.15, 0.2) is 0 Å². The Hall–Kier alpha value is -2.66. The lowest BCUT2D eigenvalue weighted by Crippen LogP contribution is -2.43. The smallest absolute Gasteiger partial charge is 0.326 e. The van der Waals surface area contributed by atoms with E-state index in [1.165, 1.54) is 4.90 Å². The monoisotopic (exact) mass is 353 g/mol. The molecule has 1 saturated heterocycles. The number of carboxylic acids is 1. The molecule has 5 heteroatoms. The van der Waals surface area contributed by atoms with E-state index in [2.05, 4.69) is 0 Å². The maximum Gasteiger partial charge on any atom is 0.326 e. The second-order valence-corrected chi connectivity index (χ2v) is 6.41. The van der Waals surface area contributed by atoms with Gasteiger partial charge in [-0.3, -0.25) is 4.79 Å². The molecule has 3 rings (SSSR count). The van der Waals surface area contributed by atoms with Crippen molar-refractivity contribution in [3.8, 4) is 0 Å². The molecule has 1 N–H and O–H groups in total. The number of amides is 1. The number of carboxylic acid groups (broad SMARTS) is 1. The molecule has 136 valence electrons. The standard InChI is InChI=1S/C21H23NO4/c1-2-26-17-13-18(21(24)25)22(14-17)20(23)19(15-9-5-3-6-10-15)16-11-7-4-8-12-16/h3-12,17-19H,2,13-14H2,1H3,(H,24,25). The molecular formula is C21H23NO4. The topological polar surface area (TPSA) is 66.8 Å². The van der Waals surface area contributed by atoms with Gasteiger partial charge in [0.2, 0.25) is 5.91 Å². The Labute approximate surface area is 153 Å². The molecule has 1 aliphatic heterocycles. The molecule has 26 heavy (non-hydrogen) atoms. The Kier molecular flexibility index (Phi) is 5.68. The molecule has 5 nitrogen and oxygen atoms in total. The maximum absolute atomic E-state index is 13.4. The lowest BCUT2D eigenvalue weighted by atomic mass is 9.90. The molecule has 1 fully saturated rings. The fraction of sp³-hybridized carbons (Fsp3) is 0.333. The van der Waals surface area contributed by atoms with Crippen LogP contribution in [0.2, 0.25) is 0 Å². The number of ether oxygens (including phenoxy) is 1. The Morgan fingerprint density at radius 3 is 2.08 bits per heavy atom. The van der Waals surface area contributed by atoms with Gasteiger partial charge in [0.25, 0.3) is 0 Å². The minimum atomic E-state index is -0.986. The highest BCUT2D eigenvalue weighted by atomic mass is 16.5. The third-order valence-electron chi connectivity index (χ3n) is 4.75. The number of benzene rings is 2. The van der Waals surface area contributed by atoms with Gasteiger partial charge in [0, 0.05) is 19.6 Å². The molecule has 0 bridgehead atoms. The zero-order valence-corrected chi connectivity index (χ0v) is 14.7. The summed E-state index contributed by atoms with van der Waals surface area (Å²) in [6.45, 7) is 2.68. The summed E-state index contributed by atoms with van der Waals surface area (Å²) in [6, 6.07) is 18.1. The van der Waals surface area contributed by atoms with Crippen LogP contribution in [-0.2, 0) is 14.3 Å². The van der Waals surface area contributed by atoms with Gasteiger partial charge in [-0.25, -0.2) is 4.79 Å². The SMILES string of the molecule is CCOC1CC(C(=O)O)N(C(=O)C(c2ccccc2)c2ccccc2)C1. The van der Waals surface area contributed by atoms with Gasteiger partial charge in [-0.2, -0.15) is 0 Å². The Morgan fingerprint density at radius 1 is 1.08 bits per heavy atom. The first-order chi connectivity index (χ1) is 12.6. The Morgan fingerprint density at radius 2 is 1.62 bits per heavy atom. The maximum atomic E-state index is 13.4. The summed E-state index contributed by atoms with van der Waals surface area (Å²) in [4.78, 5) is 26.6. The van der Waals surface area contributed by atoms with Crippen LogP contribution in [0.4, 0.5) is 0 Å². The summed E-state index contributed by atoms with van der Waals surface area (Å²) in [6.07, 6.45) is 0.0860. The zero-order chi connectivity index (χ0) is 18.5. The highest BCUT2D eigenvalue weighted by molar-refractivity contribution is 5.91. The largest absolute Gasteiger partial charge is 0.480 e. The summed E-state index contributed by atoms with van der Waals surface area (Å²) in [7, 11) is 0. The van der Waals surface area contributed by atoms with Gasteiger partial charge >= 0.3 is 5.97 Å². The van der Waals surface area contributed by atoms with Crippen molar-refractivity contribution in [3.63, 3.8) is 0 Å². The van der Waals surface area contributed by atoms with Crippen molar-refractivity contribution in [3.05, 3.63) is 71.8 Å². The van der Waals surface area contributed by atoms with E-state index < -0.39 is 17.9 Å². The fourth-order valence-electron chi connectivity index (χ4n) is 3.57. The highest BCUT2D eigenvalue weighted by Gasteiger charge is 2.42. The molecule has 1 amide bonds. The summed E-state index contributed by atoms with van der Waals surface area (Å²) in [5.74, 6) is -1.71. The van der Waals surface area contributed by atoms with Crippen LogP contribution >= 0.6 is 0 Å². The molecular weight excluding hydrogens is 330 g/mol. The van der Waals surface area contributed by atoms with Crippen LogP contribution in [-0.4, -0.2) is 47.2 Å². The van der Waals surface area contributed by atoms with Gasteiger partial charge in [-0.15, -0.1) is 0 Å². The van der Waals surface area contributed by atoms with Crippen LogP contribution in [0.3, 0.4) is 0 Å². The Bertz CT molecular complexity index is 708. The molecule has 0 spiro atoms. The van der Waals surface area contributed by atoms with E-state index in [1.807, 2.05) is 67.6 Å². The first-order valence-corrected chi connectivity index (χ1v) is 8.86. The van der Waals surface area contributed by atoms with E-state index in [0.717, 1.165) is 11.1 Å². The van der Waals surface area contributed by atoms with E-state index >= 15 is 0 Å². The second-order valence-electron chi connectivity index (χ2n) is 6.41. The van der Waals surface area contributed by atoms with Crippen molar-refractivity contribution < 1.29 is 19.4 Å². The van der Waals surface area contributed by atoms with Crippen molar-refractivity contribution >= 4 is 11.9 Å². The number of carbonyl (C=O) groups excluding carboxylic acids is 1. The van der Waals surface area contributed by atoms with Gasteiger partial charge in [-0.05, 0) is 18.1 Å². The average Bonchev–Trinajstić information content (AvgIpc) is 3.08. The third kappa shape index (κ3) is 3.78. The highest BCUT2D eigenvalue weighted by Crippen LogP contribution is 2.31. The van der Waals surface area contributed by atoms with Gasteiger partial charge in [0.05, 0.1) is 12.0 Å². The third-order valence-corrected chi connectivity index (χ3v) is 4.75. The quantitative estimate of drug-likeness (QED) is 0.867. The molecule has 1 aliphatic rings. The van der Waals surface area contributed by atoms with E-state index in [-0.39, 0.29) is 12.0 Å². The van der Waals surface area contributed by atoms with Gasteiger partial charge in [0.1, 0.15) is 6.04 Å². The molecule has 2 unspecified atom stereocenters. The minimum Gasteiger partial charge on any atom is -0.480 e. The average molecular weight is 353 g/mol. The van der Waals surface area contributed by atoms with Crippen molar-refractivity contribution in [2.24, 2.45) is 0 Å². The summed E-state index contributed by atoms with van der Waals surface area (Å²) in [5.41, 5.74) is 1.71. The van der Waals surface area contributed by atoms with Crippen LogP contribution < -0.4 is 0 Å². The first-order valence-electron chi connectivity index (χ1n) is 8.86. The summed E-state index contributed by atoms with van der Waals surface area (Å²) < 4.78 is 5.60. The first kappa shape index (κ1) is 18.1. The number of carbonyl (C=O) groups is 2. The molecule has 0 aromatic heterocycles. The van der Waals surface area contributed by atoms with Crippen molar-refractivity contribution in [2.75, 3.05) is 13.2 Å².